The lowest BCUT2D eigenvalue weighted by molar-refractivity contribution is -0.392. The van der Waals surface area contributed by atoms with Gasteiger partial charge in [0.1, 0.15) is 18.3 Å². The van der Waals surface area contributed by atoms with E-state index in [1.807, 2.05) is 23.6 Å². The van der Waals surface area contributed by atoms with E-state index in [2.05, 4.69) is 14.8 Å². The number of hydrogen-bond donors (Lipinski definition) is 1. The molecule has 2 aromatic heterocycles. The predicted molar refractivity (Wildman–Crippen MR) is 128 cm³/mol. The van der Waals surface area contributed by atoms with Crippen molar-refractivity contribution in [2.75, 3.05) is 37.6 Å². The van der Waals surface area contributed by atoms with Crippen LogP contribution in [-0.2, 0) is 6.54 Å². The summed E-state index contributed by atoms with van der Waals surface area (Å²) in [7, 11) is 0. The molecule has 0 amide bonds. The Morgan fingerprint density at radius 3 is 2.65 bits per heavy atom. The van der Waals surface area contributed by atoms with Crippen LogP contribution in [-0.4, -0.2) is 67.7 Å². The largest absolute Gasteiger partial charge is 0.477 e. The molecule has 4 heterocycles. The number of aromatic nitrogens is 3. The van der Waals surface area contributed by atoms with Crippen LogP contribution in [0.25, 0.3) is 10.9 Å². The Hall–Kier alpha value is -3.38. The SMILES string of the molecule is Cc1ncc([N+](=O)[O-])n1CCN1CCN(c2ccc3c(=O)c(C(=O)O)c4n(c3c2)C(C)S4)CC1. The third-order valence-corrected chi connectivity index (χ3v) is 7.78. The summed E-state index contributed by atoms with van der Waals surface area (Å²) in [5.41, 5.74) is 1.17. The van der Waals surface area contributed by atoms with E-state index < -0.39 is 16.3 Å². The van der Waals surface area contributed by atoms with Crippen molar-refractivity contribution in [2.45, 2.75) is 30.8 Å². The molecule has 178 valence electrons. The fourth-order valence-electron chi connectivity index (χ4n) is 4.75. The first-order valence-electron chi connectivity index (χ1n) is 11.0. The summed E-state index contributed by atoms with van der Waals surface area (Å²) in [6.45, 7) is 8.14. The quantitative estimate of drug-likeness (QED) is 0.415. The molecule has 1 unspecified atom stereocenters. The van der Waals surface area contributed by atoms with Crippen LogP contribution in [0.3, 0.4) is 0 Å². The van der Waals surface area contributed by atoms with Crippen molar-refractivity contribution in [3.05, 3.63) is 56.1 Å². The molecule has 0 saturated carbocycles. The van der Waals surface area contributed by atoms with Crippen molar-refractivity contribution in [3.8, 4) is 0 Å². The molecule has 1 fully saturated rings. The van der Waals surface area contributed by atoms with Crippen LogP contribution in [0.1, 0.15) is 28.5 Å². The lowest BCUT2D eigenvalue weighted by Crippen LogP contribution is -2.47. The fraction of sp³-hybridized carbons (Fsp3) is 0.409. The summed E-state index contributed by atoms with van der Waals surface area (Å²) >= 11 is 1.40. The maximum Gasteiger partial charge on any atom is 0.342 e. The molecular weight excluding hydrogens is 460 g/mol. The molecule has 12 heteroatoms. The van der Waals surface area contributed by atoms with E-state index in [0.29, 0.717) is 29.3 Å². The number of aromatic carboxylic acids is 1. The Balaban J connectivity index is 1.31. The standard InChI is InChI=1S/C22H24N6O5S/c1-13-23-12-18(28(32)33)26(13)10-7-24-5-8-25(9-6-24)15-3-4-16-17(11-15)27-14(2)34-21(27)19(20(16)29)22(30)31/h3-4,11-12,14H,5-10H2,1-2H3,(H,30,31). The van der Waals surface area contributed by atoms with E-state index in [4.69, 9.17) is 0 Å². The first-order chi connectivity index (χ1) is 16.3. The number of anilines is 1. The van der Waals surface area contributed by atoms with Crippen LogP contribution in [0.15, 0.2) is 34.2 Å². The van der Waals surface area contributed by atoms with Crippen molar-refractivity contribution in [1.29, 1.82) is 0 Å². The second kappa shape index (κ2) is 8.44. The number of rotatable bonds is 6. The van der Waals surface area contributed by atoms with Crippen molar-refractivity contribution < 1.29 is 14.8 Å². The third-order valence-electron chi connectivity index (χ3n) is 6.60. The predicted octanol–water partition coefficient (Wildman–Crippen LogP) is 2.56. The molecule has 1 aromatic carbocycles. The monoisotopic (exact) mass is 484 g/mol. The smallest absolute Gasteiger partial charge is 0.342 e. The average molecular weight is 485 g/mol. The van der Waals surface area contributed by atoms with Gasteiger partial charge in [0, 0.05) is 50.7 Å². The molecule has 0 aliphatic carbocycles. The Morgan fingerprint density at radius 1 is 1.26 bits per heavy atom. The van der Waals surface area contributed by atoms with Crippen LogP contribution in [0, 0.1) is 17.0 Å². The molecular formula is C22H24N6O5S. The van der Waals surface area contributed by atoms with Crippen LogP contribution in [0.5, 0.6) is 0 Å². The van der Waals surface area contributed by atoms with E-state index in [1.165, 1.54) is 18.0 Å². The van der Waals surface area contributed by atoms with E-state index in [1.54, 1.807) is 17.6 Å². The lowest BCUT2D eigenvalue weighted by Gasteiger charge is -2.37. The molecule has 11 nitrogen and oxygen atoms in total. The Bertz CT molecular complexity index is 1370. The number of fused-ring (bicyclic) bond motifs is 3. The Kier molecular flexibility index (Phi) is 5.56. The molecule has 0 bridgehead atoms. The van der Waals surface area contributed by atoms with Gasteiger partial charge in [0.25, 0.3) is 0 Å². The highest BCUT2D eigenvalue weighted by atomic mass is 32.2. The zero-order valence-electron chi connectivity index (χ0n) is 18.8. The number of thioether (sulfide) groups is 1. The summed E-state index contributed by atoms with van der Waals surface area (Å²) in [5, 5.41) is 21.7. The van der Waals surface area contributed by atoms with Crippen molar-refractivity contribution in [1.82, 2.24) is 19.0 Å². The number of imidazole rings is 1. The molecule has 0 spiro atoms. The highest BCUT2D eigenvalue weighted by molar-refractivity contribution is 8.00. The van der Waals surface area contributed by atoms with Crippen molar-refractivity contribution in [3.63, 3.8) is 0 Å². The van der Waals surface area contributed by atoms with Crippen LogP contribution >= 0.6 is 11.8 Å². The van der Waals surface area contributed by atoms with Gasteiger partial charge in [-0.1, -0.05) is 11.8 Å². The second-order valence-electron chi connectivity index (χ2n) is 8.50. The number of carboxylic acid groups (broad SMARTS) is 1. The summed E-state index contributed by atoms with van der Waals surface area (Å²) in [4.78, 5) is 43.8. The van der Waals surface area contributed by atoms with Crippen LogP contribution < -0.4 is 10.3 Å². The maximum absolute atomic E-state index is 12.8. The number of aryl methyl sites for hydroxylation is 1. The van der Waals surface area contributed by atoms with E-state index >= 15 is 0 Å². The van der Waals surface area contributed by atoms with Gasteiger partial charge in [0.2, 0.25) is 5.43 Å². The van der Waals surface area contributed by atoms with Gasteiger partial charge in [-0.15, -0.1) is 0 Å². The first kappa shape index (κ1) is 22.4. The van der Waals surface area contributed by atoms with Gasteiger partial charge in [0.15, 0.2) is 5.82 Å². The minimum Gasteiger partial charge on any atom is -0.477 e. The first-order valence-corrected chi connectivity index (χ1v) is 11.9. The zero-order chi connectivity index (χ0) is 24.1. The van der Waals surface area contributed by atoms with E-state index in [9.17, 15) is 24.8 Å². The number of piperazine rings is 1. The third kappa shape index (κ3) is 3.62. The van der Waals surface area contributed by atoms with E-state index in [0.717, 1.165) is 37.4 Å². The van der Waals surface area contributed by atoms with Gasteiger partial charge in [-0.2, -0.15) is 0 Å². The van der Waals surface area contributed by atoms with Gasteiger partial charge in [-0.05, 0) is 30.0 Å². The molecule has 2 aliphatic heterocycles. The number of nitrogens with zero attached hydrogens (tertiary/aromatic N) is 6. The molecule has 2 aliphatic rings. The Morgan fingerprint density at radius 2 is 2.00 bits per heavy atom. The topological polar surface area (TPSA) is 127 Å². The van der Waals surface area contributed by atoms with Crippen LogP contribution in [0.4, 0.5) is 11.5 Å². The Labute approximate surface area is 198 Å². The van der Waals surface area contributed by atoms with Gasteiger partial charge in [-0.25, -0.2) is 14.3 Å². The normalized spacial score (nSPS) is 18.1. The van der Waals surface area contributed by atoms with Gasteiger partial charge in [-0.3, -0.25) is 9.69 Å². The van der Waals surface area contributed by atoms with E-state index in [-0.39, 0.29) is 16.8 Å². The van der Waals surface area contributed by atoms with Crippen LogP contribution in [0.2, 0.25) is 0 Å². The number of carboxylic acids is 1. The minimum atomic E-state index is -1.19. The van der Waals surface area contributed by atoms with Crippen molar-refractivity contribution >= 4 is 40.1 Å². The van der Waals surface area contributed by atoms with Crippen molar-refractivity contribution in [2.24, 2.45) is 0 Å². The molecule has 1 atom stereocenters. The molecule has 1 N–H and O–H groups in total. The number of pyridine rings is 1. The minimum absolute atomic E-state index is 0.0117. The second-order valence-corrected chi connectivity index (χ2v) is 9.81. The van der Waals surface area contributed by atoms with Gasteiger partial charge >= 0.3 is 11.8 Å². The molecule has 3 aromatic rings. The lowest BCUT2D eigenvalue weighted by atomic mass is 10.1. The highest BCUT2D eigenvalue weighted by Gasteiger charge is 2.33. The molecule has 34 heavy (non-hydrogen) atoms. The molecule has 5 rings (SSSR count). The number of hydrogen-bond acceptors (Lipinski definition) is 8. The summed E-state index contributed by atoms with van der Waals surface area (Å²) in [6, 6.07) is 5.60. The zero-order valence-corrected chi connectivity index (χ0v) is 19.6. The average Bonchev–Trinajstić information content (AvgIpc) is 3.17. The molecule has 1 saturated heterocycles. The number of benzene rings is 1. The van der Waals surface area contributed by atoms with Gasteiger partial charge in [0.05, 0.1) is 15.9 Å². The maximum atomic E-state index is 12.8. The summed E-state index contributed by atoms with van der Waals surface area (Å²) in [5.74, 6) is -0.545. The number of carbonyl (C=O) groups is 1. The number of nitro groups is 1. The van der Waals surface area contributed by atoms with Gasteiger partial charge < -0.3 is 24.7 Å². The summed E-state index contributed by atoms with van der Waals surface area (Å²) < 4.78 is 3.57. The molecule has 0 radical (unpaired) electrons. The fourth-order valence-corrected chi connectivity index (χ4v) is 5.90. The highest BCUT2D eigenvalue weighted by Crippen LogP contribution is 2.46. The summed E-state index contributed by atoms with van der Waals surface area (Å²) in [6.07, 6.45) is 1.30.